The van der Waals surface area contributed by atoms with Crippen molar-refractivity contribution >= 4 is 11.9 Å². The third-order valence-corrected chi connectivity index (χ3v) is 4.60. The second kappa shape index (κ2) is 14.2. The number of rotatable bonds is 14. The van der Waals surface area contributed by atoms with Crippen molar-refractivity contribution in [2.75, 3.05) is 6.61 Å². The first kappa shape index (κ1) is 23.2. The lowest BCUT2D eigenvalue weighted by Gasteiger charge is -2.17. The van der Waals surface area contributed by atoms with Gasteiger partial charge in [0.2, 0.25) is 0 Å². The smallest absolute Gasteiger partial charge is 0.338 e. The van der Waals surface area contributed by atoms with Gasteiger partial charge in [-0.25, -0.2) is 9.59 Å². The van der Waals surface area contributed by atoms with Crippen molar-refractivity contribution in [2.45, 2.75) is 91.1 Å². The molecule has 0 N–H and O–H groups in total. The van der Waals surface area contributed by atoms with Crippen molar-refractivity contribution < 1.29 is 19.1 Å². The maximum absolute atomic E-state index is 12.3. The average Bonchev–Trinajstić information content (AvgIpc) is 2.68. The molecular weight excluding hydrogens is 340 g/mol. The number of hydrogen-bond donors (Lipinski definition) is 0. The fourth-order valence-electron chi connectivity index (χ4n) is 2.93. The lowest BCUT2D eigenvalue weighted by atomic mass is 10.1. The Morgan fingerprint density at radius 1 is 0.741 bits per heavy atom. The van der Waals surface area contributed by atoms with Crippen molar-refractivity contribution in [3.05, 3.63) is 35.4 Å². The minimum atomic E-state index is -0.336. The summed E-state index contributed by atoms with van der Waals surface area (Å²) in [5, 5.41) is 0. The van der Waals surface area contributed by atoms with Gasteiger partial charge in [-0.05, 0) is 43.5 Å². The summed E-state index contributed by atoms with van der Waals surface area (Å²) in [6.45, 7) is 6.85. The van der Waals surface area contributed by atoms with Crippen LogP contribution >= 0.6 is 0 Å². The van der Waals surface area contributed by atoms with E-state index < -0.39 is 0 Å². The van der Waals surface area contributed by atoms with Crippen LogP contribution in [0.5, 0.6) is 0 Å². The molecule has 0 spiro atoms. The van der Waals surface area contributed by atoms with Crippen LogP contribution in [0.3, 0.4) is 0 Å². The van der Waals surface area contributed by atoms with Gasteiger partial charge < -0.3 is 9.47 Å². The predicted molar refractivity (Wildman–Crippen MR) is 109 cm³/mol. The molecule has 1 rings (SSSR count). The van der Waals surface area contributed by atoms with E-state index in [1.165, 1.54) is 19.3 Å². The summed E-state index contributed by atoms with van der Waals surface area (Å²) in [5.41, 5.74) is 0.944. The van der Waals surface area contributed by atoms with Gasteiger partial charge >= 0.3 is 11.9 Å². The molecule has 1 unspecified atom stereocenters. The number of hydrogen-bond acceptors (Lipinski definition) is 4. The van der Waals surface area contributed by atoms with Gasteiger partial charge in [0.05, 0.1) is 17.7 Å². The highest BCUT2D eigenvalue weighted by Crippen LogP contribution is 2.15. The Morgan fingerprint density at radius 3 is 1.93 bits per heavy atom. The Bertz CT molecular complexity index is 536. The zero-order chi connectivity index (χ0) is 19.9. The molecule has 0 amide bonds. The second-order valence-corrected chi connectivity index (χ2v) is 7.09. The summed E-state index contributed by atoms with van der Waals surface area (Å²) >= 11 is 0. The monoisotopic (exact) mass is 376 g/mol. The first-order valence-corrected chi connectivity index (χ1v) is 10.6. The number of ether oxygens (including phenoxy) is 2. The molecule has 0 aliphatic heterocycles. The molecule has 0 saturated heterocycles. The topological polar surface area (TPSA) is 52.6 Å². The van der Waals surface area contributed by atoms with Crippen LogP contribution in [0.25, 0.3) is 0 Å². The van der Waals surface area contributed by atoms with Gasteiger partial charge in [0.1, 0.15) is 6.10 Å². The van der Waals surface area contributed by atoms with Gasteiger partial charge in [0.25, 0.3) is 0 Å². The van der Waals surface area contributed by atoms with E-state index >= 15 is 0 Å². The number of esters is 2. The first-order valence-electron chi connectivity index (χ1n) is 10.6. The van der Waals surface area contributed by atoms with E-state index in [4.69, 9.17) is 9.47 Å². The van der Waals surface area contributed by atoms with Crippen molar-refractivity contribution in [3.8, 4) is 0 Å². The van der Waals surface area contributed by atoms with E-state index in [9.17, 15) is 9.59 Å². The zero-order valence-electron chi connectivity index (χ0n) is 17.3. The largest absolute Gasteiger partial charge is 0.462 e. The molecule has 1 atom stereocenters. The standard InChI is InChI=1S/C23H36O4/c1-4-7-9-10-11-18-26-22(24)19-14-16-20(17-15-19)23(25)27-21(12-6-3)13-8-5-2/h14-17,21H,4-13,18H2,1-3H3. The molecule has 0 radical (unpaired) electrons. The van der Waals surface area contributed by atoms with Gasteiger partial charge in [-0.2, -0.15) is 0 Å². The van der Waals surface area contributed by atoms with Crippen LogP contribution in [-0.4, -0.2) is 24.6 Å². The molecule has 4 heteroatoms. The Hall–Kier alpha value is -1.84. The van der Waals surface area contributed by atoms with Crippen LogP contribution in [0, 0.1) is 0 Å². The molecule has 0 heterocycles. The molecule has 1 aromatic carbocycles. The summed E-state index contributed by atoms with van der Waals surface area (Å²) in [4.78, 5) is 24.4. The number of carbonyl (C=O) groups excluding carboxylic acids is 2. The summed E-state index contributed by atoms with van der Waals surface area (Å²) in [6, 6.07) is 6.56. The highest BCUT2D eigenvalue weighted by Gasteiger charge is 2.16. The van der Waals surface area contributed by atoms with Crippen LogP contribution in [0.1, 0.15) is 106 Å². The minimum absolute atomic E-state index is 0.0280. The van der Waals surface area contributed by atoms with E-state index in [1.807, 2.05) is 0 Å². The van der Waals surface area contributed by atoms with Crippen molar-refractivity contribution in [2.24, 2.45) is 0 Å². The first-order chi connectivity index (χ1) is 13.1. The maximum Gasteiger partial charge on any atom is 0.338 e. The van der Waals surface area contributed by atoms with E-state index in [1.54, 1.807) is 24.3 Å². The fourth-order valence-corrected chi connectivity index (χ4v) is 2.93. The quantitative estimate of drug-likeness (QED) is 0.281. The Labute approximate surface area is 164 Å². The van der Waals surface area contributed by atoms with Gasteiger partial charge in [0, 0.05) is 0 Å². The molecule has 152 valence electrons. The Morgan fingerprint density at radius 2 is 1.33 bits per heavy atom. The molecule has 0 bridgehead atoms. The molecule has 0 aliphatic carbocycles. The number of benzene rings is 1. The SMILES string of the molecule is CCCCCCCOC(=O)c1ccc(C(=O)OC(CCC)CCCC)cc1. The van der Waals surface area contributed by atoms with Gasteiger partial charge in [-0.3, -0.25) is 0 Å². The highest BCUT2D eigenvalue weighted by molar-refractivity contribution is 5.93. The summed E-state index contributed by atoms with van der Waals surface area (Å²) < 4.78 is 10.9. The number of carbonyl (C=O) groups is 2. The third-order valence-electron chi connectivity index (χ3n) is 4.60. The molecule has 27 heavy (non-hydrogen) atoms. The third kappa shape index (κ3) is 9.60. The maximum atomic E-state index is 12.3. The molecule has 0 fully saturated rings. The fraction of sp³-hybridized carbons (Fsp3) is 0.652. The van der Waals surface area contributed by atoms with Crippen LogP contribution < -0.4 is 0 Å². The Kier molecular flexibility index (Phi) is 12.2. The number of unbranched alkanes of at least 4 members (excludes halogenated alkanes) is 5. The predicted octanol–water partition coefficient (Wildman–Crippen LogP) is 6.33. The van der Waals surface area contributed by atoms with E-state index in [2.05, 4.69) is 20.8 Å². The zero-order valence-corrected chi connectivity index (χ0v) is 17.3. The Balaban J connectivity index is 2.46. The van der Waals surface area contributed by atoms with Gasteiger partial charge in [-0.15, -0.1) is 0 Å². The average molecular weight is 377 g/mol. The van der Waals surface area contributed by atoms with Crippen LogP contribution in [0.4, 0.5) is 0 Å². The molecule has 1 aromatic rings. The van der Waals surface area contributed by atoms with Gasteiger partial charge in [0.15, 0.2) is 0 Å². The molecule has 0 aromatic heterocycles. The molecule has 0 saturated carbocycles. The van der Waals surface area contributed by atoms with Crippen LogP contribution in [0.2, 0.25) is 0 Å². The summed E-state index contributed by atoms with van der Waals surface area (Å²) in [6.07, 6.45) is 10.5. The van der Waals surface area contributed by atoms with Crippen molar-refractivity contribution in [1.29, 1.82) is 0 Å². The normalized spacial score (nSPS) is 11.8. The van der Waals surface area contributed by atoms with E-state index in [0.29, 0.717) is 17.7 Å². The lowest BCUT2D eigenvalue weighted by molar-refractivity contribution is 0.0254. The summed E-state index contributed by atoms with van der Waals surface area (Å²) in [5.74, 6) is -0.655. The van der Waals surface area contributed by atoms with Crippen molar-refractivity contribution in [3.63, 3.8) is 0 Å². The highest BCUT2D eigenvalue weighted by atomic mass is 16.5. The molecular formula is C23H36O4. The molecule has 0 aliphatic rings. The van der Waals surface area contributed by atoms with Crippen molar-refractivity contribution in [1.82, 2.24) is 0 Å². The van der Waals surface area contributed by atoms with Gasteiger partial charge in [-0.1, -0.05) is 65.7 Å². The van der Waals surface area contributed by atoms with Crippen LogP contribution in [0.15, 0.2) is 24.3 Å². The van der Waals surface area contributed by atoms with E-state index in [-0.39, 0.29) is 18.0 Å². The second-order valence-electron chi connectivity index (χ2n) is 7.09. The summed E-state index contributed by atoms with van der Waals surface area (Å²) in [7, 11) is 0. The van der Waals surface area contributed by atoms with Crippen LogP contribution in [-0.2, 0) is 9.47 Å². The van der Waals surface area contributed by atoms with E-state index in [0.717, 1.165) is 44.9 Å². The molecule has 4 nitrogen and oxygen atoms in total. The lowest BCUT2D eigenvalue weighted by Crippen LogP contribution is -2.18. The minimum Gasteiger partial charge on any atom is -0.462 e.